The second-order valence-corrected chi connectivity index (χ2v) is 8.23. The van der Waals surface area contributed by atoms with Crippen LogP contribution in [0.2, 0.25) is 0 Å². The van der Waals surface area contributed by atoms with Crippen molar-refractivity contribution in [3.05, 3.63) is 0 Å². The molecule has 0 bridgehead atoms. The normalized spacial score (nSPS) is 11.6. The second-order valence-electron chi connectivity index (χ2n) is 8.23. The molecule has 0 atom stereocenters. The lowest BCUT2D eigenvalue weighted by Gasteiger charge is -2.32. The number of carboxylic acid groups (broad SMARTS) is 1. The Labute approximate surface area is 188 Å². The highest BCUT2D eigenvalue weighted by Gasteiger charge is 2.38. The monoisotopic (exact) mass is 446 g/mol. The fourth-order valence-corrected chi connectivity index (χ4v) is 3.71. The van der Waals surface area contributed by atoms with Crippen LogP contribution in [0.5, 0.6) is 0 Å². The second kappa shape index (κ2) is 20.7. The maximum Gasteiger partial charge on any atom is 0.312 e. The van der Waals surface area contributed by atoms with Gasteiger partial charge in [-0.2, -0.15) is 0 Å². The molecular weight excluding hydrogens is 400 g/mol. The molecule has 0 unspecified atom stereocenters. The van der Waals surface area contributed by atoms with E-state index in [4.69, 9.17) is 24.4 Å². The zero-order valence-electron chi connectivity index (χ0n) is 19.9. The Bertz CT molecular complexity index is 432. The van der Waals surface area contributed by atoms with E-state index in [9.17, 15) is 9.59 Å². The number of unbranched alkanes of at least 4 members (excludes halogenated alkanes) is 6. The van der Waals surface area contributed by atoms with Crippen LogP contribution in [0.4, 0.5) is 0 Å². The summed E-state index contributed by atoms with van der Waals surface area (Å²) in [4.78, 5) is 23.7. The maximum atomic E-state index is 13.1. The molecule has 2 N–H and O–H groups in total. The topological polar surface area (TPSA) is 102 Å². The molecule has 7 heteroatoms. The first kappa shape index (κ1) is 29.8. The molecule has 0 aliphatic carbocycles. The molecule has 7 nitrogen and oxygen atoms in total. The Morgan fingerprint density at radius 2 is 1.23 bits per heavy atom. The number of hydrogen-bond acceptors (Lipinski definition) is 6. The number of ether oxygens (including phenoxy) is 3. The van der Waals surface area contributed by atoms with Crippen molar-refractivity contribution >= 4 is 11.9 Å². The van der Waals surface area contributed by atoms with Gasteiger partial charge in [0.15, 0.2) is 0 Å². The molecule has 0 rings (SSSR count). The van der Waals surface area contributed by atoms with Gasteiger partial charge in [0.2, 0.25) is 0 Å². The number of carbonyl (C=O) groups excluding carboxylic acids is 1. The summed E-state index contributed by atoms with van der Waals surface area (Å²) in [5.41, 5.74) is -0.419. The molecule has 0 aromatic carbocycles. The van der Waals surface area contributed by atoms with E-state index in [2.05, 4.69) is 13.8 Å². The zero-order valence-corrected chi connectivity index (χ0v) is 19.9. The molecule has 0 amide bonds. The largest absolute Gasteiger partial charge is 0.481 e. The summed E-state index contributed by atoms with van der Waals surface area (Å²) in [5, 5.41) is 17.4. The van der Waals surface area contributed by atoms with E-state index < -0.39 is 11.4 Å². The number of aliphatic hydroxyl groups excluding tert-OH is 1. The molecule has 31 heavy (non-hydrogen) atoms. The first-order chi connectivity index (χ1) is 15.0. The van der Waals surface area contributed by atoms with Gasteiger partial charge >= 0.3 is 11.9 Å². The van der Waals surface area contributed by atoms with Crippen LogP contribution in [-0.2, 0) is 23.8 Å². The Hall–Kier alpha value is -1.18. The molecule has 0 aliphatic rings. The minimum atomic E-state index is -0.734. The van der Waals surface area contributed by atoms with Gasteiger partial charge in [-0.25, -0.2) is 0 Å². The highest BCUT2D eigenvalue weighted by Crippen LogP contribution is 2.38. The van der Waals surface area contributed by atoms with Crippen LogP contribution in [0.1, 0.15) is 97.3 Å². The minimum Gasteiger partial charge on any atom is -0.481 e. The summed E-state index contributed by atoms with van der Waals surface area (Å²) in [6.07, 6.45) is 11.5. The van der Waals surface area contributed by atoms with Gasteiger partial charge in [-0.15, -0.1) is 0 Å². The van der Waals surface area contributed by atoms with E-state index in [0.717, 1.165) is 77.0 Å². The lowest BCUT2D eigenvalue weighted by molar-refractivity contribution is -0.159. The van der Waals surface area contributed by atoms with Gasteiger partial charge in [-0.1, -0.05) is 65.2 Å². The van der Waals surface area contributed by atoms with Crippen molar-refractivity contribution in [2.45, 2.75) is 97.3 Å². The van der Waals surface area contributed by atoms with Crippen LogP contribution < -0.4 is 0 Å². The van der Waals surface area contributed by atoms with Gasteiger partial charge in [0, 0.05) is 6.42 Å². The lowest BCUT2D eigenvalue weighted by Crippen LogP contribution is -2.34. The van der Waals surface area contributed by atoms with E-state index in [0.29, 0.717) is 26.4 Å². The van der Waals surface area contributed by atoms with Crippen molar-refractivity contribution in [3.8, 4) is 0 Å². The summed E-state index contributed by atoms with van der Waals surface area (Å²) >= 11 is 0. The summed E-state index contributed by atoms with van der Waals surface area (Å²) < 4.78 is 16.2. The summed E-state index contributed by atoms with van der Waals surface area (Å²) in [6.45, 7) is 6.00. The molecule has 0 spiro atoms. The van der Waals surface area contributed by atoms with Crippen LogP contribution in [0.25, 0.3) is 0 Å². The van der Waals surface area contributed by atoms with Crippen molar-refractivity contribution in [2.75, 3.05) is 39.6 Å². The third kappa shape index (κ3) is 16.2. The van der Waals surface area contributed by atoms with Crippen LogP contribution in [0.15, 0.2) is 0 Å². The van der Waals surface area contributed by atoms with E-state index in [1.54, 1.807) is 0 Å². The van der Waals surface area contributed by atoms with E-state index in [-0.39, 0.29) is 25.6 Å². The third-order valence-electron chi connectivity index (χ3n) is 5.57. The van der Waals surface area contributed by atoms with Crippen molar-refractivity contribution < 1.29 is 34.0 Å². The van der Waals surface area contributed by atoms with Crippen LogP contribution in [0, 0.1) is 5.41 Å². The van der Waals surface area contributed by atoms with Gasteiger partial charge < -0.3 is 24.4 Å². The number of rotatable bonds is 23. The Morgan fingerprint density at radius 3 is 1.81 bits per heavy atom. The fourth-order valence-electron chi connectivity index (χ4n) is 3.71. The number of carbonyl (C=O) groups is 2. The minimum absolute atomic E-state index is 0.00243. The van der Waals surface area contributed by atoms with Crippen molar-refractivity contribution in [1.82, 2.24) is 0 Å². The average molecular weight is 447 g/mol. The molecule has 0 aliphatic heterocycles. The number of aliphatic carboxylic acids is 1. The van der Waals surface area contributed by atoms with Crippen molar-refractivity contribution in [2.24, 2.45) is 5.41 Å². The molecule has 0 radical (unpaired) electrons. The number of aliphatic hydroxyl groups is 1. The maximum absolute atomic E-state index is 13.1. The predicted molar refractivity (Wildman–Crippen MR) is 121 cm³/mol. The quantitative estimate of drug-likeness (QED) is 0.173. The SMILES string of the molecule is CCCCC(CCCC)(CCCCCCCC(=O)O)C(=O)OCCOCCOCCO. The molecule has 0 saturated heterocycles. The average Bonchev–Trinajstić information content (AvgIpc) is 2.76. The fraction of sp³-hybridized carbons (Fsp3) is 0.917. The summed E-state index contributed by atoms with van der Waals surface area (Å²) in [6, 6.07) is 0. The van der Waals surface area contributed by atoms with Crippen molar-refractivity contribution in [1.29, 1.82) is 0 Å². The van der Waals surface area contributed by atoms with Gasteiger partial charge in [0.05, 0.1) is 38.4 Å². The molecule has 0 aromatic rings. The smallest absolute Gasteiger partial charge is 0.312 e. The van der Waals surface area contributed by atoms with Gasteiger partial charge in [-0.05, 0) is 25.7 Å². The first-order valence-electron chi connectivity index (χ1n) is 12.2. The van der Waals surface area contributed by atoms with Gasteiger partial charge in [-0.3, -0.25) is 9.59 Å². The Balaban J connectivity index is 4.51. The van der Waals surface area contributed by atoms with Crippen LogP contribution >= 0.6 is 0 Å². The standard InChI is InChI=1S/C24H46O7/c1-3-5-13-24(14-6-4-2,15-11-9-7-8-10-12-22(26)27)23(28)31-21-20-30-19-18-29-17-16-25/h25H,3-21H2,1-2H3,(H,26,27). The predicted octanol–water partition coefficient (Wildman–Crippen LogP) is 4.74. The lowest BCUT2D eigenvalue weighted by atomic mass is 9.74. The Kier molecular flexibility index (Phi) is 19.9. The third-order valence-corrected chi connectivity index (χ3v) is 5.57. The summed E-state index contributed by atoms with van der Waals surface area (Å²) in [7, 11) is 0. The van der Waals surface area contributed by atoms with E-state index >= 15 is 0 Å². The molecule has 0 fully saturated rings. The van der Waals surface area contributed by atoms with Crippen molar-refractivity contribution in [3.63, 3.8) is 0 Å². The molecule has 184 valence electrons. The first-order valence-corrected chi connectivity index (χ1v) is 12.2. The number of carboxylic acids is 1. The highest BCUT2D eigenvalue weighted by molar-refractivity contribution is 5.76. The highest BCUT2D eigenvalue weighted by atomic mass is 16.6. The molecular formula is C24H46O7. The van der Waals surface area contributed by atoms with Crippen LogP contribution in [-0.4, -0.2) is 61.8 Å². The van der Waals surface area contributed by atoms with E-state index in [1.165, 1.54) is 0 Å². The van der Waals surface area contributed by atoms with E-state index in [1.807, 2.05) is 0 Å². The van der Waals surface area contributed by atoms with Gasteiger partial charge in [0.1, 0.15) is 6.61 Å². The van der Waals surface area contributed by atoms with Gasteiger partial charge in [0.25, 0.3) is 0 Å². The molecule has 0 aromatic heterocycles. The Morgan fingerprint density at radius 1 is 0.710 bits per heavy atom. The molecule has 0 saturated carbocycles. The zero-order chi connectivity index (χ0) is 23.2. The molecule has 0 heterocycles. The summed E-state index contributed by atoms with van der Waals surface area (Å²) in [5.74, 6) is -0.831. The number of esters is 1. The number of hydrogen-bond donors (Lipinski definition) is 2. The van der Waals surface area contributed by atoms with Crippen LogP contribution in [0.3, 0.4) is 0 Å².